The Kier molecular flexibility index (Phi) is 3.90. The van der Waals surface area contributed by atoms with E-state index in [4.69, 9.17) is 0 Å². The van der Waals surface area contributed by atoms with Crippen LogP contribution >= 0.6 is 11.5 Å². The van der Waals surface area contributed by atoms with Gasteiger partial charge in [0.05, 0.1) is 5.69 Å². The fraction of sp³-hybridized carbons (Fsp3) is 0.636. The second-order valence-corrected chi connectivity index (χ2v) is 5.02. The average Bonchev–Trinajstić information content (AvgIpc) is 2.80. The lowest BCUT2D eigenvalue weighted by molar-refractivity contribution is -0.127. The minimum Gasteiger partial charge on any atom is -0.353 e. The molecule has 0 aliphatic carbocycles. The maximum atomic E-state index is 12.4. The third-order valence-corrected chi connectivity index (χ3v) is 3.75. The van der Waals surface area contributed by atoms with Crippen molar-refractivity contribution in [3.05, 3.63) is 10.6 Å². The van der Waals surface area contributed by atoms with Crippen molar-refractivity contribution < 1.29 is 9.59 Å². The normalized spacial score (nSPS) is 19.8. The van der Waals surface area contributed by atoms with Crippen molar-refractivity contribution in [1.29, 1.82) is 0 Å². The molecule has 1 aromatic rings. The van der Waals surface area contributed by atoms with Crippen molar-refractivity contribution in [2.75, 3.05) is 13.1 Å². The van der Waals surface area contributed by atoms with Crippen LogP contribution in [-0.2, 0) is 11.2 Å². The highest BCUT2D eigenvalue weighted by Crippen LogP contribution is 2.18. The summed E-state index contributed by atoms with van der Waals surface area (Å²) < 4.78 is 3.84. The van der Waals surface area contributed by atoms with Crippen LogP contribution in [0.15, 0.2) is 0 Å². The highest BCUT2D eigenvalue weighted by atomic mass is 32.1. The van der Waals surface area contributed by atoms with E-state index in [1.54, 1.807) is 11.8 Å². The van der Waals surface area contributed by atoms with Crippen LogP contribution < -0.4 is 5.32 Å². The number of aromatic nitrogens is 2. The van der Waals surface area contributed by atoms with Crippen LogP contribution in [0.2, 0.25) is 0 Å². The average molecular weight is 268 g/mol. The summed E-state index contributed by atoms with van der Waals surface area (Å²) in [5, 5.41) is 6.73. The molecule has 2 heterocycles. The van der Waals surface area contributed by atoms with Crippen LogP contribution in [0.4, 0.5) is 0 Å². The number of rotatable bonds is 3. The van der Waals surface area contributed by atoms with Crippen molar-refractivity contribution in [1.82, 2.24) is 19.8 Å². The van der Waals surface area contributed by atoms with Gasteiger partial charge in [-0.15, -0.1) is 5.10 Å². The molecule has 1 fully saturated rings. The number of carbonyl (C=O) groups is 2. The lowest BCUT2D eigenvalue weighted by atomic mass is 10.1. The molecular weight excluding hydrogens is 252 g/mol. The van der Waals surface area contributed by atoms with E-state index in [0.717, 1.165) is 30.1 Å². The van der Waals surface area contributed by atoms with Crippen LogP contribution in [0, 0.1) is 0 Å². The molecule has 1 atom stereocenters. The molecule has 1 aliphatic rings. The van der Waals surface area contributed by atoms with Crippen LogP contribution in [0.3, 0.4) is 0 Å². The van der Waals surface area contributed by atoms with Gasteiger partial charge in [0.2, 0.25) is 5.91 Å². The van der Waals surface area contributed by atoms with E-state index in [1.807, 2.05) is 6.92 Å². The fourth-order valence-electron chi connectivity index (χ4n) is 1.96. The summed E-state index contributed by atoms with van der Waals surface area (Å²) >= 11 is 1.11. The van der Waals surface area contributed by atoms with Gasteiger partial charge in [-0.3, -0.25) is 9.59 Å². The molecule has 2 rings (SSSR count). The smallest absolute Gasteiger partial charge is 0.268 e. The minimum atomic E-state index is -0.428. The van der Waals surface area contributed by atoms with Crippen LogP contribution in [0.5, 0.6) is 0 Å². The zero-order valence-electron chi connectivity index (χ0n) is 10.5. The first-order valence-corrected chi connectivity index (χ1v) is 6.82. The lowest BCUT2D eigenvalue weighted by Crippen LogP contribution is -2.55. The summed E-state index contributed by atoms with van der Waals surface area (Å²) in [6.45, 7) is 4.81. The van der Waals surface area contributed by atoms with Gasteiger partial charge in [0.1, 0.15) is 10.9 Å². The predicted octanol–water partition coefficient (Wildman–Crippen LogP) is 0.451. The van der Waals surface area contributed by atoms with Gasteiger partial charge < -0.3 is 10.2 Å². The number of hydrogen-bond donors (Lipinski definition) is 1. The van der Waals surface area contributed by atoms with Crippen molar-refractivity contribution >= 4 is 23.3 Å². The number of hydrogen-bond acceptors (Lipinski definition) is 5. The second-order valence-electron chi connectivity index (χ2n) is 4.26. The Morgan fingerprint density at radius 2 is 2.39 bits per heavy atom. The van der Waals surface area contributed by atoms with Crippen LogP contribution in [-0.4, -0.2) is 45.4 Å². The molecule has 98 valence electrons. The van der Waals surface area contributed by atoms with Crippen molar-refractivity contribution in [2.45, 2.75) is 32.7 Å². The van der Waals surface area contributed by atoms with Gasteiger partial charge in [-0.2, -0.15) is 0 Å². The van der Waals surface area contributed by atoms with E-state index < -0.39 is 6.04 Å². The molecule has 0 bridgehead atoms. The lowest BCUT2D eigenvalue weighted by Gasteiger charge is -2.32. The number of nitrogens with one attached hydrogen (secondary N) is 1. The van der Waals surface area contributed by atoms with Gasteiger partial charge in [0, 0.05) is 13.1 Å². The van der Waals surface area contributed by atoms with Crippen molar-refractivity contribution in [2.24, 2.45) is 0 Å². The van der Waals surface area contributed by atoms with Gasteiger partial charge in [-0.25, -0.2) is 0 Å². The summed E-state index contributed by atoms with van der Waals surface area (Å²) in [7, 11) is 0. The molecule has 1 aromatic heterocycles. The predicted molar refractivity (Wildman–Crippen MR) is 67.4 cm³/mol. The van der Waals surface area contributed by atoms with Gasteiger partial charge in [0.15, 0.2) is 0 Å². The van der Waals surface area contributed by atoms with Gasteiger partial charge in [-0.05, 0) is 24.9 Å². The minimum absolute atomic E-state index is 0.107. The molecule has 1 aliphatic heterocycles. The molecule has 0 aromatic carbocycles. The van der Waals surface area contributed by atoms with E-state index in [-0.39, 0.29) is 11.8 Å². The largest absolute Gasteiger partial charge is 0.353 e. The van der Waals surface area contributed by atoms with E-state index in [1.165, 1.54) is 0 Å². The molecule has 1 N–H and O–H groups in total. The quantitative estimate of drug-likeness (QED) is 0.863. The summed E-state index contributed by atoms with van der Waals surface area (Å²) in [4.78, 5) is 26.1. The fourth-order valence-corrected chi connectivity index (χ4v) is 2.63. The zero-order chi connectivity index (χ0) is 13.1. The molecule has 6 nitrogen and oxygen atoms in total. The number of piperazine rings is 1. The monoisotopic (exact) mass is 268 g/mol. The molecule has 1 saturated heterocycles. The Hall–Kier alpha value is -1.50. The maximum absolute atomic E-state index is 12.4. The number of amides is 2. The molecule has 0 radical (unpaired) electrons. The summed E-state index contributed by atoms with van der Waals surface area (Å²) in [5.41, 5.74) is 0.741. The summed E-state index contributed by atoms with van der Waals surface area (Å²) in [6.07, 6.45) is 1.66. The van der Waals surface area contributed by atoms with Gasteiger partial charge in [-0.1, -0.05) is 17.8 Å². The zero-order valence-corrected chi connectivity index (χ0v) is 11.3. The summed E-state index contributed by atoms with van der Waals surface area (Å²) in [5.74, 6) is -0.236. The maximum Gasteiger partial charge on any atom is 0.268 e. The third-order valence-electron chi connectivity index (χ3n) is 3.00. The Labute approximate surface area is 110 Å². The Morgan fingerprint density at radius 1 is 1.61 bits per heavy atom. The Morgan fingerprint density at radius 3 is 3.11 bits per heavy atom. The van der Waals surface area contributed by atoms with E-state index in [9.17, 15) is 9.59 Å². The highest BCUT2D eigenvalue weighted by Gasteiger charge is 2.32. The molecule has 2 amide bonds. The Balaban J connectivity index is 2.19. The van der Waals surface area contributed by atoms with Crippen molar-refractivity contribution in [3.8, 4) is 0 Å². The molecule has 1 unspecified atom stereocenters. The second kappa shape index (κ2) is 5.43. The first-order valence-electron chi connectivity index (χ1n) is 6.05. The van der Waals surface area contributed by atoms with Crippen LogP contribution in [0.25, 0.3) is 0 Å². The van der Waals surface area contributed by atoms with E-state index >= 15 is 0 Å². The summed E-state index contributed by atoms with van der Waals surface area (Å²) in [6, 6.07) is -0.428. The Bertz CT molecular complexity index is 460. The SMILES string of the molecule is CCCc1nnsc1C(=O)N1CCNC(=O)C1C. The molecule has 18 heavy (non-hydrogen) atoms. The molecule has 0 spiro atoms. The van der Waals surface area contributed by atoms with E-state index in [2.05, 4.69) is 14.9 Å². The van der Waals surface area contributed by atoms with Crippen LogP contribution in [0.1, 0.15) is 35.6 Å². The highest BCUT2D eigenvalue weighted by molar-refractivity contribution is 7.08. The number of carbonyl (C=O) groups excluding carboxylic acids is 2. The molecule has 0 saturated carbocycles. The topological polar surface area (TPSA) is 75.2 Å². The molecule has 7 heteroatoms. The van der Waals surface area contributed by atoms with E-state index in [0.29, 0.717) is 18.0 Å². The first-order chi connectivity index (χ1) is 8.65. The van der Waals surface area contributed by atoms with Gasteiger partial charge in [0.25, 0.3) is 5.91 Å². The number of nitrogens with zero attached hydrogens (tertiary/aromatic N) is 3. The van der Waals surface area contributed by atoms with Crippen molar-refractivity contribution in [3.63, 3.8) is 0 Å². The molecular formula is C11H16N4O2S. The van der Waals surface area contributed by atoms with Gasteiger partial charge >= 0.3 is 0 Å². The first kappa shape index (κ1) is 12.9. The third kappa shape index (κ3) is 2.35. The number of aryl methyl sites for hydroxylation is 1. The standard InChI is InChI=1S/C11H16N4O2S/c1-3-4-8-9(18-14-13-8)11(17)15-6-5-12-10(16)7(15)2/h7H,3-6H2,1-2H3,(H,12,16).